The highest BCUT2D eigenvalue weighted by Gasteiger charge is 2.15. The number of carbonyl (C=O) groups is 2. The number of amides is 2. The van der Waals surface area contributed by atoms with E-state index in [0.717, 1.165) is 0 Å². The molecule has 1 heterocycles. The quantitative estimate of drug-likeness (QED) is 0.856. The Kier molecular flexibility index (Phi) is 4.65. The Labute approximate surface area is 124 Å². The molecule has 1 aromatic carbocycles. The molecule has 5 nitrogen and oxygen atoms in total. The topological polar surface area (TPSA) is 71.3 Å². The second-order valence-electron chi connectivity index (χ2n) is 3.82. The Morgan fingerprint density at radius 1 is 1.10 bits per heavy atom. The molecule has 7 heteroatoms. The number of carbonyl (C=O) groups excluding carboxylic acids is 2. The summed E-state index contributed by atoms with van der Waals surface area (Å²) in [5.41, 5.74) is 0.275. The maximum atomic E-state index is 11.7. The van der Waals surface area contributed by atoms with Gasteiger partial charge in [0.2, 0.25) is 0 Å². The number of rotatable bonds is 3. The van der Waals surface area contributed by atoms with Crippen LogP contribution < -0.4 is 10.6 Å². The van der Waals surface area contributed by atoms with Crippen molar-refractivity contribution in [3.05, 3.63) is 52.4 Å². The molecule has 0 spiro atoms. The van der Waals surface area contributed by atoms with Crippen molar-refractivity contribution in [3.8, 4) is 0 Å². The number of benzene rings is 1. The lowest BCUT2D eigenvalue weighted by molar-refractivity contribution is -0.136. The minimum Gasteiger partial charge on any atom is -0.467 e. The third-order valence-electron chi connectivity index (χ3n) is 2.41. The zero-order chi connectivity index (χ0) is 14.5. The molecule has 0 aliphatic heterocycles. The predicted octanol–water partition coefficient (Wildman–Crippen LogP) is 2.84. The lowest BCUT2D eigenvalue weighted by Gasteiger charge is -2.08. The zero-order valence-electron chi connectivity index (χ0n) is 10.2. The van der Waals surface area contributed by atoms with Crippen molar-refractivity contribution in [2.75, 3.05) is 5.32 Å². The van der Waals surface area contributed by atoms with Crippen LogP contribution in [-0.2, 0) is 16.1 Å². The van der Waals surface area contributed by atoms with E-state index < -0.39 is 11.8 Å². The maximum Gasteiger partial charge on any atom is 0.313 e. The zero-order valence-corrected chi connectivity index (χ0v) is 11.7. The van der Waals surface area contributed by atoms with Gasteiger partial charge in [0.05, 0.1) is 28.5 Å². The molecule has 0 saturated heterocycles. The van der Waals surface area contributed by atoms with Crippen molar-refractivity contribution in [3.63, 3.8) is 0 Å². The highest BCUT2D eigenvalue weighted by atomic mass is 35.5. The molecule has 2 rings (SSSR count). The summed E-state index contributed by atoms with van der Waals surface area (Å²) in [4.78, 5) is 23.3. The Balaban J connectivity index is 1.94. The SMILES string of the molecule is O=C(NCc1ccco1)C(=O)Nc1cccc(Cl)c1Cl. The standard InChI is InChI=1S/C13H10Cl2N2O3/c14-9-4-1-5-10(11(9)15)17-13(19)12(18)16-7-8-3-2-6-20-8/h1-6H,7H2,(H,16,18)(H,17,19). The minimum atomic E-state index is -0.833. The number of halogens is 2. The van der Waals surface area contributed by atoms with E-state index in [0.29, 0.717) is 10.8 Å². The average Bonchev–Trinajstić information content (AvgIpc) is 2.94. The largest absolute Gasteiger partial charge is 0.467 e. The number of nitrogens with one attached hydrogen (secondary N) is 2. The van der Waals surface area contributed by atoms with Gasteiger partial charge in [-0.25, -0.2) is 0 Å². The van der Waals surface area contributed by atoms with E-state index in [1.807, 2.05) is 0 Å². The normalized spacial score (nSPS) is 10.1. The molecule has 0 bridgehead atoms. The van der Waals surface area contributed by atoms with E-state index in [-0.39, 0.29) is 17.3 Å². The van der Waals surface area contributed by atoms with Crippen LogP contribution in [-0.4, -0.2) is 11.8 Å². The van der Waals surface area contributed by atoms with Crippen molar-refractivity contribution < 1.29 is 14.0 Å². The molecule has 0 radical (unpaired) electrons. The fourth-order valence-corrected chi connectivity index (χ4v) is 1.79. The van der Waals surface area contributed by atoms with Crippen LogP contribution in [0.25, 0.3) is 0 Å². The van der Waals surface area contributed by atoms with E-state index in [2.05, 4.69) is 10.6 Å². The van der Waals surface area contributed by atoms with E-state index in [1.54, 1.807) is 30.3 Å². The molecule has 0 aliphatic rings. The van der Waals surface area contributed by atoms with Gasteiger partial charge in [0, 0.05) is 0 Å². The van der Waals surface area contributed by atoms with Gasteiger partial charge < -0.3 is 15.1 Å². The van der Waals surface area contributed by atoms with Gasteiger partial charge >= 0.3 is 11.8 Å². The molecule has 0 saturated carbocycles. The van der Waals surface area contributed by atoms with Gasteiger partial charge in [0.1, 0.15) is 5.76 Å². The van der Waals surface area contributed by atoms with Crippen molar-refractivity contribution in [1.29, 1.82) is 0 Å². The number of hydrogen-bond acceptors (Lipinski definition) is 3. The third kappa shape index (κ3) is 3.53. The maximum absolute atomic E-state index is 11.7. The van der Waals surface area contributed by atoms with Crippen LogP contribution in [0.4, 0.5) is 5.69 Å². The first-order valence-corrected chi connectivity index (χ1v) is 6.39. The van der Waals surface area contributed by atoms with Crippen LogP contribution in [0.5, 0.6) is 0 Å². The first-order chi connectivity index (χ1) is 9.58. The van der Waals surface area contributed by atoms with Crippen LogP contribution in [0.2, 0.25) is 10.0 Å². The van der Waals surface area contributed by atoms with Crippen LogP contribution in [0.3, 0.4) is 0 Å². The van der Waals surface area contributed by atoms with Gasteiger partial charge in [-0.15, -0.1) is 0 Å². The summed E-state index contributed by atoms with van der Waals surface area (Å²) in [5, 5.41) is 5.28. The average molecular weight is 313 g/mol. The Morgan fingerprint density at radius 2 is 1.90 bits per heavy atom. The molecular formula is C13H10Cl2N2O3. The first-order valence-electron chi connectivity index (χ1n) is 5.63. The minimum absolute atomic E-state index is 0.128. The second kappa shape index (κ2) is 6.45. The van der Waals surface area contributed by atoms with Crippen LogP contribution in [0.15, 0.2) is 41.0 Å². The lowest BCUT2D eigenvalue weighted by atomic mass is 10.3. The Bertz CT molecular complexity index is 627. The second-order valence-corrected chi connectivity index (χ2v) is 4.60. The van der Waals surface area contributed by atoms with E-state index in [9.17, 15) is 9.59 Å². The van der Waals surface area contributed by atoms with Crippen molar-refractivity contribution in [2.24, 2.45) is 0 Å². The monoisotopic (exact) mass is 312 g/mol. The molecule has 0 aliphatic carbocycles. The van der Waals surface area contributed by atoms with E-state index in [1.165, 1.54) is 6.26 Å². The van der Waals surface area contributed by atoms with Crippen molar-refractivity contribution in [2.45, 2.75) is 6.54 Å². The smallest absolute Gasteiger partial charge is 0.313 e. The summed E-state index contributed by atoms with van der Waals surface area (Å²) >= 11 is 11.7. The predicted molar refractivity (Wildman–Crippen MR) is 75.6 cm³/mol. The third-order valence-corrected chi connectivity index (χ3v) is 3.23. The van der Waals surface area contributed by atoms with Gasteiger partial charge in [0.15, 0.2) is 0 Å². The molecule has 2 amide bonds. The summed E-state index contributed by atoms with van der Waals surface area (Å²) in [6.07, 6.45) is 1.48. The van der Waals surface area contributed by atoms with Gasteiger partial charge in [-0.2, -0.15) is 0 Å². The number of hydrogen-bond donors (Lipinski definition) is 2. The number of furan rings is 1. The number of anilines is 1. The van der Waals surface area contributed by atoms with E-state index in [4.69, 9.17) is 27.6 Å². The molecule has 2 aromatic rings. The van der Waals surface area contributed by atoms with Gasteiger partial charge in [0.25, 0.3) is 0 Å². The van der Waals surface area contributed by atoms with Gasteiger partial charge in [-0.1, -0.05) is 29.3 Å². The lowest BCUT2D eigenvalue weighted by Crippen LogP contribution is -2.34. The van der Waals surface area contributed by atoms with Crippen molar-refractivity contribution >= 4 is 40.7 Å². The van der Waals surface area contributed by atoms with Crippen LogP contribution >= 0.6 is 23.2 Å². The van der Waals surface area contributed by atoms with Crippen molar-refractivity contribution in [1.82, 2.24) is 5.32 Å². The molecule has 1 aromatic heterocycles. The summed E-state index contributed by atoms with van der Waals surface area (Å²) in [7, 11) is 0. The molecule has 0 unspecified atom stereocenters. The summed E-state index contributed by atoms with van der Waals surface area (Å²) in [5.74, 6) is -1.08. The summed E-state index contributed by atoms with van der Waals surface area (Å²) in [6, 6.07) is 8.12. The summed E-state index contributed by atoms with van der Waals surface area (Å²) < 4.78 is 5.03. The van der Waals surface area contributed by atoms with Gasteiger partial charge in [-0.05, 0) is 24.3 Å². The van der Waals surface area contributed by atoms with E-state index >= 15 is 0 Å². The summed E-state index contributed by atoms with van der Waals surface area (Å²) in [6.45, 7) is 0.128. The molecule has 104 valence electrons. The Morgan fingerprint density at radius 3 is 2.60 bits per heavy atom. The van der Waals surface area contributed by atoms with Crippen LogP contribution in [0, 0.1) is 0 Å². The van der Waals surface area contributed by atoms with Gasteiger partial charge in [-0.3, -0.25) is 9.59 Å². The highest BCUT2D eigenvalue weighted by Crippen LogP contribution is 2.29. The highest BCUT2D eigenvalue weighted by molar-refractivity contribution is 6.45. The molecule has 2 N–H and O–H groups in total. The molecule has 0 fully saturated rings. The molecule has 20 heavy (non-hydrogen) atoms. The fourth-order valence-electron chi connectivity index (χ4n) is 1.44. The first kappa shape index (κ1) is 14.4. The molecule has 0 atom stereocenters. The fraction of sp³-hybridized carbons (Fsp3) is 0.0769. The Hall–Kier alpha value is -1.98. The molecular weight excluding hydrogens is 303 g/mol. The van der Waals surface area contributed by atoms with Crippen LogP contribution in [0.1, 0.15) is 5.76 Å².